The summed E-state index contributed by atoms with van der Waals surface area (Å²) in [4.78, 5) is 12.1. The number of carbonyl (C=O) groups is 1. The fraction of sp³-hybridized carbons (Fsp3) is 0.179. The molecule has 35 heavy (non-hydrogen) atoms. The van der Waals surface area contributed by atoms with E-state index >= 15 is 0 Å². The minimum atomic E-state index is -0.167. The van der Waals surface area contributed by atoms with Crippen molar-refractivity contribution in [3.63, 3.8) is 0 Å². The topological polar surface area (TPSA) is 78.3 Å². The standard InChI is InChI=1S/C28H28N4O3/c1-20-9-12-25(15-21(20)2)32-18-24(30-31-32)19-35-26-13-10-23(16-27(26)34-3)17-29-28(33)14-11-22-7-5-4-6-8-22/h4-16,18H,17,19H2,1-3H3,(H,29,33)/b14-11+. The van der Waals surface area contributed by atoms with E-state index in [2.05, 4.69) is 41.6 Å². The fourth-order valence-corrected chi connectivity index (χ4v) is 3.44. The Bertz CT molecular complexity index is 1330. The molecule has 0 bridgehead atoms. The van der Waals surface area contributed by atoms with Gasteiger partial charge in [-0.2, -0.15) is 0 Å². The highest BCUT2D eigenvalue weighted by Crippen LogP contribution is 2.28. The van der Waals surface area contributed by atoms with Crippen molar-refractivity contribution in [1.82, 2.24) is 20.3 Å². The van der Waals surface area contributed by atoms with Gasteiger partial charge in [0, 0.05) is 12.6 Å². The van der Waals surface area contributed by atoms with Gasteiger partial charge in [-0.05, 0) is 66.4 Å². The molecule has 4 aromatic rings. The zero-order valence-electron chi connectivity index (χ0n) is 20.1. The molecule has 0 radical (unpaired) electrons. The summed E-state index contributed by atoms with van der Waals surface area (Å²) in [6, 6.07) is 21.4. The summed E-state index contributed by atoms with van der Waals surface area (Å²) in [5.74, 6) is 1.01. The Hall–Kier alpha value is -4.39. The van der Waals surface area contributed by atoms with Crippen molar-refractivity contribution in [1.29, 1.82) is 0 Å². The molecule has 7 nitrogen and oxygen atoms in total. The number of amides is 1. The van der Waals surface area contributed by atoms with E-state index in [1.54, 1.807) is 17.9 Å². The second kappa shape index (κ2) is 11.2. The Kier molecular flexibility index (Phi) is 7.57. The molecule has 0 atom stereocenters. The van der Waals surface area contributed by atoms with E-state index in [1.165, 1.54) is 17.2 Å². The first-order valence-corrected chi connectivity index (χ1v) is 11.3. The minimum Gasteiger partial charge on any atom is -0.493 e. The molecule has 1 N–H and O–H groups in total. The molecule has 4 rings (SSSR count). The fourth-order valence-electron chi connectivity index (χ4n) is 3.44. The van der Waals surface area contributed by atoms with Gasteiger partial charge in [-0.1, -0.05) is 47.7 Å². The van der Waals surface area contributed by atoms with Crippen LogP contribution in [0.2, 0.25) is 0 Å². The average Bonchev–Trinajstić information content (AvgIpc) is 3.36. The molecule has 0 unspecified atom stereocenters. The van der Waals surface area contributed by atoms with E-state index in [4.69, 9.17) is 9.47 Å². The first kappa shape index (κ1) is 23.8. The molecule has 178 valence electrons. The zero-order chi connectivity index (χ0) is 24.6. The molecule has 1 heterocycles. The van der Waals surface area contributed by atoms with Crippen LogP contribution >= 0.6 is 0 Å². The summed E-state index contributed by atoms with van der Waals surface area (Å²) in [6.45, 7) is 4.78. The number of hydrogen-bond donors (Lipinski definition) is 1. The highest BCUT2D eigenvalue weighted by molar-refractivity contribution is 5.91. The number of carbonyl (C=O) groups excluding carboxylic acids is 1. The summed E-state index contributed by atoms with van der Waals surface area (Å²) in [5, 5.41) is 11.3. The van der Waals surface area contributed by atoms with Crippen LogP contribution in [0.25, 0.3) is 11.8 Å². The van der Waals surface area contributed by atoms with Crippen molar-refractivity contribution in [2.75, 3.05) is 7.11 Å². The summed E-state index contributed by atoms with van der Waals surface area (Å²) in [6.07, 6.45) is 5.15. The van der Waals surface area contributed by atoms with Crippen LogP contribution in [0.5, 0.6) is 11.5 Å². The minimum absolute atomic E-state index is 0.167. The van der Waals surface area contributed by atoms with Crippen molar-refractivity contribution in [3.8, 4) is 17.2 Å². The van der Waals surface area contributed by atoms with E-state index in [1.807, 2.05) is 60.8 Å². The summed E-state index contributed by atoms with van der Waals surface area (Å²) >= 11 is 0. The Morgan fingerprint density at radius 3 is 2.60 bits per heavy atom. The lowest BCUT2D eigenvalue weighted by atomic mass is 10.1. The third-order valence-electron chi connectivity index (χ3n) is 5.59. The predicted octanol–water partition coefficient (Wildman–Crippen LogP) is 4.80. The van der Waals surface area contributed by atoms with E-state index in [-0.39, 0.29) is 12.5 Å². The highest BCUT2D eigenvalue weighted by Gasteiger charge is 2.10. The predicted molar refractivity (Wildman–Crippen MR) is 135 cm³/mol. The number of hydrogen-bond acceptors (Lipinski definition) is 5. The molecule has 0 fully saturated rings. The average molecular weight is 469 g/mol. The van der Waals surface area contributed by atoms with Crippen LogP contribution in [-0.2, 0) is 17.9 Å². The number of aromatic nitrogens is 3. The Labute approximate surface area is 205 Å². The first-order chi connectivity index (χ1) is 17.0. The van der Waals surface area contributed by atoms with Crippen molar-refractivity contribution in [2.24, 2.45) is 0 Å². The lowest BCUT2D eigenvalue weighted by Crippen LogP contribution is -2.20. The van der Waals surface area contributed by atoms with Gasteiger partial charge in [0.2, 0.25) is 5.91 Å². The van der Waals surface area contributed by atoms with Crippen LogP contribution in [-0.4, -0.2) is 28.0 Å². The molecule has 1 amide bonds. The monoisotopic (exact) mass is 468 g/mol. The van der Waals surface area contributed by atoms with Crippen molar-refractivity contribution in [2.45, 2.75) is 27.0 Å². The second-order valence-electron chi connectivity index (χ2n) is 8.16. The van der Waals surface area contributed by atoms with E-state index in [0.717, 1.165) is 16.8 Å². The quantitative estimate of drug-likeness (QED) is 0.357. The molecule has 1 aromatic heterocycles. The van der Waals surface area contributed by atoms with Gasteiger partial charge in [0.05, 0.1) is 19.0 Å². The molecule has 3 aromatic carbocycles. The number of ether oxygens (including phenoxy) is 2. The van der Waals surface area contributed by atoms with Gasteiger partial charge in [-0.3, -0.25) is 4.79 Å². The Balaban J connectivity index is 1.34. The highest BCUT2D eigenvalue weighted by atomic mass is 16.5. The maximum absolute atomic E-state index is 12.1. The van der Waals surface area contributed by atoms with Crippen LogP contribution in [0.1, 0.15) is 27.9 Å². The van der Waals surface area contributed by atoms with Crippen LogP contribution in [0.4, 0.5) is 0 Å². The molecule has 7 heteroatoms. The molecule has 0 spiro atoms. The largest absolute Gasteiger partial charge is 0.493 e. The van der Waals surface area contributed by atoms with Crippen LogP contribution in [0, 0.1) is 13.8 Å². The van der Waals surface area contributed by atoms with Gasteiger partial charge >= 0.3 is 0 Å². The molecule has 0 aliphatic carbocycles. The Morgan fingerprint density at radius 2 is 1.83 bits per heavy atom. The normalized spacial score (nSPS) is 10.9. The number of rotatable bonds is 9. The third kappa shape index (κ3) is 6.35. The van der Waals surface area contributed by atoms with E-state index < -0.39 is 0 Å². The zero-order valence-corrected chi connectivity index (χ0v) is 20.1. The van der Waals surface area contributed by atoms with Gasteiger partial charge in [-0.25, -0.2) is 4.68 Å². The van der Waals surface area contributed by atoms with Crippen LogP contribution in [0.3, 0.4) is 0 Å². The molecule has 0 aliphatic heterocycles. The first-order valence-electron chi connectivity index (χ1n) is 11.3. The summed E-state index contributed by atoms with van der Waals surface area (Å²) in [7, 11) is 1.59. The maximum atomic E-state index is 12.1. The molecule has 0 aliphatic rings. The van der Waals surface area contributed by atoms with Crippen LogP contribution < -0.4 is 14.8 Å². The van der Waals surface area contributed by atoms with E-state index in [9.17, 15) is 4.79 Å². The number of methoxy groups -OCH3 is 1. The third-order valence-corrected chi connectivity index (χ3v) is 5.59. The number of aryl methyl sites for hydroxylation is 2. The molecule has 0 saturated heterocycles. The van der Waals surface area contributed by atoms with E-state index in [0.29, 0.717) is 23.7 Å². The molecular formula is C28H28N4O3. The summed E-state index contributed by atoms with van der Waals surface area (Å²) < 4.78 is 13.2. The smallest absolute Gasteiger partial charge is 0.244 e. The summed E-state index contributed by atoms with van der Waals surface area (Å²) in [5.41, 5.74) is 5.96. The lowest BCUT2D eigenvalue weighted by molar-refractivity contribution is -0.116. The number of benzene rings is 3. The van der Waals surface area contributed by atoms with Gasteiger partial charge < -0.3 is 14.8 Å². The van der Waals surface area contributed by atoms with Crippen molar-refractivity contribution in [3.05, 3.63) is 107 Å². The van der Waals surface area contributed by atoms with Gasteiger partial charge in [0.15, 0.2) is 11.5 Å². The second-order valence-corrected chi connectivity index (χ2v) is 8.16. The molecular weight excluding hydrogens is 440 g/mol. The van der Waals surface area contributed by atoms with Crippen molar-refractivity contribution < 1.29 is 14.3 Å². The van der Waals surface area contributed by atoms with Crippen LogP contribution in [0.15, 0.2) is 79.0 Å². The lowest BCUT2D eigenvalue weighted by Gasteiger charge is -2.11. The van der Waals surface area contributed by atoms with Gasteiger partial charge in [0.25, 0.3) is 0 Å². The Morgan fingerprint density at radius 1 is 1.00 bits per heavy atom. The van der Waals surface area contributed by atoms with Gasteiger partial charge in [-0.15, -0.1) is 5.10 Å². The maximum Gasteiger partial charge on any atom is 0.244 e. The molecule has 0 saturated carbocycles. The van der Waals surface area contributed by atoms with Gasteiger partial charge in [0.1, 0.15) is 12.3 Å². The number of nitrogens with one attached hydrogen (secondary N) is 1. The van der Waals surface area contributed by atoms with Crippen molar-refractivity contribution >= 4 is 12.0 Å². The SMILES string of the molecule is COc1cc(CNC(=O)/C=C/c2ccccc2)ccc1OCc1cn(-c2ccc(C)c(C)c2)nn1. The number of nitrogens with zero attached hydrogens (tertiary/aromatic N) is 3.